The Morgan fingerprint density at radius 3 is 2.70 bits per heavy atom. The molecular weight excluding hydrogens is 423 g/mol. The molecule has 0 atom stereocenters. The van der Waals surface area contributed by atoms with Gasteiger partial charge in [-0.2, -0.15) is 18.3 Å². The average molecular weight is 432 g/mol. The summed E-state index contributed by atoms with van der Waals surface area (Å²) in [5.74, 6) is 0. The predicted octanol–water partition coefficient (Wildman–Crippen LogP) is 4.10. The first-order valence-electron chi connectivity index (χ1n) is 7.46. The maximum atomic E-state index is 12.8. The number of fused-ring (bicyclic) bond motifs is 1. The summed E-state index contributed by atoms with van der Waals surface area (Å²) in [4.78, 5) is 22.6. The molecule has 0 amide bonds. The monoisotopic (exact) mass is 431 g/mol. The summed E-state index contributed by atoms with van der Waals surface area (Å²) >= 11 is 8.55. The number of hydrogen-bond acceptors (Lipinski definition) is 6. The molecule has 0 N–H and O–H groups in total. The number of hydrogen-bond donors (Lipinski definition) is 0. The van der Waals surface area contributed by atoms with Crippen LogP contribution in [-0.4, -0.2) is 24.1 Å². The molecule has 4 heterocycles. The molecule has 0 saturated heterocycles. The second-order valence-electron chi connectivity index (χ2n) is 5.56. The first kappa shape index (κ1) is 18.1. The minimum atomic E-state index is -4.60. The predicted molar refractivity (Wildman–Crippen MR) is 96.5 cm³/mol. The number of thiazole rings is 2. The number of halogens is 4. The van der Waals surface area contributed by atoms with Gasteiger partial charge in [0.1, 0.15) is 15.9 Å². The Morgan fingerprint density at radius 1 is 1.30 bits per heavy atom. The van der Waals surface area contributed by atoms with Crippen LogP contribution in [0.3, 0.4) is 0 Å². The van der Waals surface area contributed by atoms with Crippen molar-refractivity contribution in [3.05, 3.63) is 55.5 Å². The number of aromatic nitrogens is 5. The Morgan fingerprint density at radius 2 is 2.07 bits per heavy atom. The average Bonchev–Trinajstić information content (AvgIpc) is 3.26. The van der Waals surface area contributed by atoms with Gasteiger partial charge in [0.05, 0.1) is 12.2 Å². The Kier molecular flexibility index (Phi) is 4.32. The zero-order chi connectivity index (χ0) is 19.3. The second kappa shape index (κ2) is 6.43. The summed E-state index contributed by atoms with van der Waals surface area (Å²) in [7, 11) is 0. The molecule has 4 aromatic rings. The van der Waals surface area contributed by atoms with E-state index in [-0.39, 0.29) is 23.0 Å². The fraction of sp³-hybridized carbons (Fsp3) is 0.200. The molecule has 27 heavy (non-hydrogen) atoms. The lowest BCUT2D eigenvalue weighted by Gasteiger charge is -2.05. The van der Waals surface area contributed by atoms with E-state index < -0.39 is 11.9 Å². The fourth-order valence-electron chi connectivity index (χ4n) is 2.59. The standard InChI is InChI=1S/C15H9ClF3N5OS2/c1-7-12(13-20-2-3-26-13)24-11(25)4-8(21-14(24)27-7)6-23-10(16)5-9(22-23)15(17,18)19/h2-5H,6H2,1H3. The van der Waals surface area contributed by atoms with Crippen molar-refractivity contribution >= 4 is 39.2 Å². The van der Waals surface area contributed by atoms with Crippen molar-refractivity contribution in [2.45, 2.75) is 19.6 Å². The van der Waals surface area contributed by atoms with Gasteiger partial charge in [-0.15, -0.1) is 22.7 Å². The smallest absolute Gasteiger partial charge is 0.269 e. The lowest BCUT2D eigenvalue weighted by Crippen LogP contribution is -2.17. The van der Waals surface area contributed by atoms with E-state index in [1.165, 1.54) is 33.1 Å². The molecule has 140 valence electrons. The van der Waals surface area contributed by atoms with Gasteiger partial charge >= 0.3 is 6.18 Å². The summed E-state index contributed by atoms with van der Waals surface area (Å²) in [6.07, 6.45) is -2.95. The molecule has 4 rings (SSSR count). The van der Waals surface area contributed by atoms with Gasteiger partial charge in [-0.3, -0.25) is 4.79 Å². The van der Waals surface area contributed by atoms with Gasteiger partial charge in [0.2, 0.25) is 0 Å². The Hall–Kier alpha value is -2.24. The molecule has 12 heteroatoms. The lowest BCUT2D eigenvalue weighted by atomic mass is 10.3. The van der Waals surface area contributed by atoms with E-state index >= 15 is 0 Å². The largest absolute Gasteiger partial charge is 0.435 e. The normalized spacial score (nSPS) is 12.2. The second-order valence-corrected chi connectivity index (χ2v) is 8.02. The van der Waals surface area contributed by atoms with Crippen molar-refractivity contribution in [2.24, 2.45) is 0 Å². The maximum absolute atomic E-state index is 12.8. The third-order valence-corrected chi connectivity index (χ3v) is 5.75. The van der Waals surface area contributed by atoms with Crippen LogP contribution in [0.1, 0.15) is 16.3 Å². The van der Waals surface area contributed by atoms with Gasteiger partial charge in [-0.25, -0.2) is 19.1 Å². The third kappa shape index (κ3) is 3.26. The molecule has 0 fully saturated rings. The van der Waals surface area contributed by atoms with Crippen LogP contribution in [0.2, 0.25) is 5.15 Å². The van der Waals surface area contributed by atoms with Gasteiger partial charge < -0.3 is 0 Å². The minimum absolute atomic E-state index is 0.149. The van der Waals surface area contributed by atoms with Crippen LogP contribution in [0, 0.1) is 6.92 Å². The van der Waals surface area contributed by atoms with Gasteiger partial charge in [0.25, 0.3) is 5.56 Å². The van der Waals surface area contributed by atoms with Crippen LogP contribution in [0.15, 0.2) is 28.5 Å². The molecule has 0 aliphatic rings. The van der Waals surface area contributed by atoms with Crippen molar-refractivity contribution in [3.8, 4) is 10.7 Å². The van der Waals surface area contributed by atoms with Gasteiger partial charge in [0.15, 0.2) is 10.7 Å². The number of alkyl halides is 3. The van der Waals surface area contributed by atoms with E-state index in [1.54, 1.807) is 6.20 Å². The van der Waals surface area contributed by atoms with Crippen molar-refractivity contribution in [3.63, 3.8) is 0 Å². The summed E-state index contributed by atoms with van der Waals surface area (Å²) in [6, 6.07) is 2.00. The van der Waals surface area contributed by atoms with E-state index in [9.17, 15) is 18.0 Å². The number of nitrogens with zero attached hydrogens (tertiary/aromatic N) is 5. The van der Waals surface area contributed by atoms with E-state index in [1.807, 2.05) is 12.3 Å². The molecule has 0 aliphatic heterocycles. The van der Waals surface area contributed by atoms with Crippen LogP contribution < -0.4 is 5.56 Å². The Labute approximate surface area is 162 Å². The van der Waals surface area contributed by atoms with Crippen LogP contribution in [0.5, 0.6) is 0 Å². The van der Waals surface area contributed by atoms with Gasteiger partial charge in [0, 0.05) is 28.6 Å². The zero-order valence-electron chi connectivity index (χ0n) is 13.5. The van der Waals surface area contributed by atoms with Crippen molar-refractivity contribution in [1.29, 1.82) is 0 Å². The molecule has 0 aliphatic carbocycles. The van der Waals surface area contributed by atoms with Crippen LogP contribution in [0.4, 0.5) is 13.2 Å². The molecule has 6 nitrogen and oxygen atoms in total. The maximum Gasteiger partial charge on any atom is 0.435 e. The molecule has 4 aromatic heterocycles. The third-order valence-electron chi connectivity index (χ3n) is 3.71. The van der Waals surface area contributed by atoms with Gasteiger partial charge in [-0.1, -0.05) is 11.6 Å². The van der Waals surface area contributed by atoms with Crippen LogP contribution in [-0.2, 0) is 12.7 Å². The molecule has 0 spiro atoms. The topological polar surface area (TPSA) is 65.1 Å². The Bertz CT molecular complexity index is 1190. The minimum Gasteiger partial charge on any atom is -0.269 e. The van der Waals surface area contributed by atoms with E-state index in [0.717, 1.165) is 15.6 Å². The lowest BCUT2D eigenvalue weighted by molar-refractivity contribution is -0.141. The van der Waals surface area contributed by atoms with Crippen LogP contribution in [0.25, 0.3) is 15.7 Å². The van der Waals surface area contributed by atoms with Crippen molar-refractivity contribution < 1.29 is 13.2 Å². The SMILES string of the molecule is Cc1sc2nc(Cn3nc(C(F)(F)F)cc3Cl)cc(=O)n2c1-c1nccs1. The molecule has 0 aromatic carbocycles. The van der Waals surface area contributed by atoms with Crippen molar-refractivity contribution in [1.82, 2.24) is 24.1 Å². The first-order valence-corrected chi connectivity index (χ1v) is 9.54. The molecule has 0 bridgehead atoms. The Balaban J connectivity index is 1.77. The summed E-state index contributed by atoms with van der Waals surface area (Å²) in [5.41, 5.74) is -0.497. The van der Waals surface area contributed by atoms with Crippen LogP contribution >= 0.6 is 34.3 Å². The van der Waals surface area contributed by atoms with E-state index in [2.05, 4.69) is 15.1 Å². The molecule has 0 saturated carbocycles. The van der Waals surface area contributed by atoms with E-state index in [0.29, 0.717) is 15.7 Å². The number of rotatable bonds is 3. The zero-order valence-corrected chi connectivity index (χ0v) is 15.9. The fourth-order valence-corrected chi connectivity index (χ4v) is 4.58. The molecule has 0 radical (unpaired) electrons. The first-order chi connectivity index (χ1) is 12.7. The highest BCUT2D eigenvalue weighted by atomic mass is 35.5. The molecule has 0 unspecified atom stereocenters. The summed E-state index contributed by atoms with van der Waals surface area (Å²) in [5, 5.41) is 5.77. The molecular formula is C15H9ClF3N5OS2. The van der Waals surface area contributed by atoms with Gasteiger partial charge in [-0.05, 0) is 6.92 Å². The summed E-state index contributed by atoms with van der Waals surface area (Å²) < 4.78 is 40.7. The number of aryl methyl sites for hydroxylation is 1. The highest BCUT2D eigenvalue weighted by Crippen LogP contribution is 2.32. The summed E-state index contributed by atoms with van der Waals surface area (Å²) in [6.45, 7) is 1.71. The highest BCUT2D eigenvalue weighted by molar-refractivity contribution is 7.18. The van der Waals surface area contributed by atoms with Crippen molar-refractivity contribution in [2.75, 3.05) is 0 Å². The van der Waals surface area contributed by atoms with E-state index in [4.69, 9.17) is 11.6 Å². The highest BCUT2D eigenvalue weighted by Gasteiger charge is 2.34. The quantitative estimate of drug-likeness (QED) is 0.489.